The number of rotatable bonds is 10. The molecule has 1 N–H and O–H groups in total. The monoisotopic (exact) mass is 700 g/mol. The first-order chi connectivity index (χ1) is 24.3. The van der Waals surface area contributed by atoms with Crippen LogP contribution in [0, 0.1) is 17.0 Å². The van der Waals surface area contributed by atoms with Gasteiger partial charge >= 0.3 is 5.91 Å². The zero-order valence-electron chi connectivity index (χ0n) is 26.6. The summed E-state index contributed by atoms with van der Waals surface area (Å²) in [6, 6.07) is 33.0. The highest BCUT2D eigenvalue weighted by Crippen LogP contribution is 2.45. The van der Waals surface area contributed by atoms with Crippen molar-refractivity contribution in [3.63, 3.8) is 0 Å². The number of hydrogen-bond acceptors (Lipinski definition) is 10. The zero-order valence-corrected chi connectivity index (χ0v) is 28.2. The molecule has 0 saturated carbocycles. The maximum absolute atomic E-state index is 13.7. The molecule has 2 heterocycles. The fourth-order valence-electron chi connectivity index (χ4n) is 5.87. The van der Waals surface area contributed by atoms with Crippen LogP contribution in [-0.4, -0.2) is 31.9 Å². The molecule has 7 rings (SSSR count). The molecule has 5 aromatic carbocycles. The van der Waals surface area contributed by atoms with E-state index in [0.29, 0.717) is 22.4 Å². The molecule has 12 heteroatoms. The summed E-state index contributed by atoms with van der Waals surface area (Å²) in [7, 11) is 0. The topological polar surface area (TPSA) is 136 Å². The number of benzene rings is 5. The van der Waals surface area contributed by atoms with Crippen LogP contribution in [0.4, 0.5) is 10.8 Å². The molecule has 1 saturated heterocycles. The van der Waals surface area contributed by atoms with E-state index in [9.17, 15) is 24.8 Å². The number of ketones is 1. The van der Waals surface area contributed by atoms with Gasteiger partial charge in [0.05, 0.1) is 16.5 Å². The van der Waals surface area contributed by atoms with Crippen LogP contribution in [0.2, 0.25) is 0 Å². The summed E-state index contributed by atoms with van der Waals surface area (Å²) in [6.45, 7) is 2.35. The van der Waals surface area contributed by atoms with Crippen molar-refractivity contribution in [3.05, 3.63) is 159 Å². The quantitative estimate of drug-likeness (QED) is 0.0284. The van der Waals surface area contributed by atoms with Crippen molar-refractivity contribution in [2.24, 2.45) is 0 Å². The molecule has 1 fully saturated rings. The number of hydrogen-bond donors (Lipinski definition) is 1. The van der Waals surface area contributed by atoms with Crippen LogP contribution >= 0.6 is 23.1 Å². The van der Waals surface area contributed by atoms with Crippen molar-refractivity contribution in [2.75, 3.05) is 4.90 Å². The minimum atomic E-state index is -1.20. The molecule has 1 aliphatic rings. The lowest BCUT2D eigenvalue weighted by molar-refractivity contribution is -0.384. The van der Waals surface area contributed by atoms with Gasteiger partial charge in [0.25, 0.3) is 11.5 Å². The van der Waals surface area contributed by atoms with Gasteiger partial charge in [0, 0.05) is 23.4 Å². The first-order valence-corrected chi connectivity index (χ1v) is 17.3. The van der Waals surface area contributed by atoms with Crippen molar-refractivity contribution in [1.29, 1.82) is 0 Å². The van der Waals surface area contributed by atoms with Crippen LogP contribution in [0.15, 0.2) is 125 Å². The molecule has 0 aliphatic carbocycles. The molecule has 1 aromatic heterocycles. The number of nitro benzene ring substituents is 1. The first-order valence-electron chi connectivity index (χ1n) is 15.5. The minimum absolute atomic E-state index is 0.128. The van der Waals surface area contributed by atoms with Gasteiger partial charge in [-0.05, 0) is 64.2 Å². The van der Waals surface area contributed by atoms with Gasteiger partial charge in [-0.3, -0.25) is 24.6 Å². The van der Waals surface area contributed by atoms with Crippen LogP contribution in [0.5, 0.6) is 5.75 Å². The van der Waals surface area contributed by atoms with E-state index >= 15 is 0 Å². The number of non-ortho nitro benzene ring substituents is 1. The third kappa shape index (κ3) is 6.46. The summed E-state index contributed by atoms with van der Waals surface area (Å²) in [5, 5.41) is 34.2. The number of aliphatic hydroxyl groups excluding tert-OH is 1. The van der Waals surface area contributed by atoms with Crippen LogP contribution in [0.3, 0.4) is 0 Å². The Hall–Kier alpha value is -5.85. The zero-order chi connectivity index (χ0) is 34.8. The normalized spacial score (nSPS) is 15.5. The van der Waals surface area contributed by atoms with E-state index < -0.39 is 28.4 Å². The number of thioether (sulfide) groups is 1. The highest BCUT2D eigenvalue weighted by atomic mass is 32.2. The van der Waals surface area contributed by atoms with Gasteiger partial charge in [0.15, 0.2) is 4.34 Å². The third-order valence-corrected chi connectivity index (χ3v) is 10.6. The summed E-state index contributed by atoms with van der Waals surface area (Å²) in [4.78, 5) is 39.7. The lowest BCUT2D eigenvalue weighted by atomic mass is 9.95. The van der Waals surface area contributed by atoms with Crippen molar-refractivity contribution >= 4 is 62.1 Å². The number of nitrogens with zero attached hydrogens (tertiary/aromatic N) is 4. The van der Waals surface area contributed by atoms with Crippen molar-refractivity contribution in [3.8, 4) is 5.75 Å². The molecule has 50 heavy (non-hydrogen) atoms. The Labute approximate surface area is 294 Å². The summed E-state index contributed by atoms with van der Waals surface area (Å²) < 4.78 is 6.50. The fourth-order valence-corrected chi connectivity index (χ4v) is 7.74. The molecule has 0 bridgehead atoms. The van der Waals surface area contributed by atoms with Gasteiger partial charge in [-0.25, -0.2) is 0 Å². The van der Waals surface area contributed by atoms with Gasteiger partial charge in [-0.2, -0.15) is 0 Å². The van der Waals surface area contributed by atoms with E-state index in [2.05, 4.69) is 16.3 Å². The molecule has 1 aliphatic heterocycles. The molecular weight excluding hydrogens is 673 g/mol. The number of nitro groups is 1. The van der Waals surface area contributed by atoms with Gasteiger partial charge in [0.1, 0.15) is 18.1 Å². The number of carbonyl (C=O) groups is 2. The smallest absolute Gasteiger partial charge is 0.301 e. The number of carbonyl (C=O) groups excluding carboxylic acids is 2. The number of anilines is 1. The fraction of sp³-hybridized carbons (Fsp3) is 0.105. The van der Waals surface area contributed by atoms with E-state index in [-0.39, 0.29) is 27.5 Å². The van der Waals surface area contributed by atoms with E-state index in [1.54, 1.807) is 30.3 Å². The maximum Gasteiger partial charge on any atom is 0.301 e. The third-order valence-electron chi connectivity index (χ3n) is 8.46. The van der Waals surface area contributed by atoms with Crippen molar-refractivity contribution in [1.82, 2.24) is 10.2 Å². The summed E-state index contributed by atoms with van der Waals surface area (Å²) in [5.41, 5.74) is 3.31. The summed E-state index contributed by atoms with van der Waals surface area (Å²) >= 11 is 2.57. The van der Waals surface area contributed by atoms with Crippen molar-refractivity contribution < 1.29 is 24.4 Å². The van der Waals surface area contributed by atoms with Crippen LogP contribution in [-0.2, 0) is 21.9 Å². The molecule has 0 spiro atoms. The summed E-state index contributed by atoms with van der Waals surface area (Å²) in [6.07, 6.45) is 0. The number of ether oxygens (including phenoxy) is 1. The predicted molar refractivity (Wildman–Crippen MR) is 193 cm³/mol. The Balaban J connectivity index is 1.21. The number of Topliss-reactive ketones (excluding diaryl/α,β-unsaturated/α-hetero) is 1. The molecule has 1 unspecified atom stereocenters. The number of amides is 1. The molecule has 1 amide bonds. The van der Waals surface area contributed by atoms with E-state index in [4.69, 9.17) is 4.74 Å². The maximum atomic E-state index is 13.7. The van der Waals surface area contributed by atoms with E-state index in [1.165, 1.54) is 30.0 Å². The molecule has 248 valence electrons. The number of aryl methyl sites for hydroxylation is 1. The summed E-state index contributed by atoms with van der Waals surface area (Å²) in [5.74, 6) is -1.17. The van der Waals surface area contributed by atoms with E-state index in [1.807, 2.05) is 67.6 Å². The second kappa shape index (κ2) is 13.9. The predicted octanol–water partition coefficient (Wildman–Crippen LogP) is 8.41. The second-order valence-electron chi connectivity index (χ2n) is 11.5. The van der Waals surface area contributed by atoms with E-state index in [0.717, 1.165) is 43.7 Å². The Morgan fingerprint density at radius 2 is 1.64 bits per heavy atom. The van der Waals surface area contributed by atoms with Crippen molar-refractivity contribution in [2.45, 2.75) is 29.7 Å². The van der Waals surface area contributed by atoms with Gasteiger partial charge in [-0.15, -0.1) is 10.2 Å². The van der Waals surface area contributed by atoms with Gasteiger partial charge in [-0.1, -0.05) is 102 Å². The molecule has 0 radical (unpaired) electrons. The number of fused-ring (bicyclic) bond motifs is 1. The Bertz CT molecular complexity index is 2300. The number of aliphatic hydroxyl groups is 1. The lowest BCUT2D eigenvalue weighted by Gasteiger charge is -2.22. The Morgan fingerprint density at radius 1 is 0.920 bits per heavy atom. The molecule has 6 aromatic rings. The Kier molecular flexibility index (Phi) is 9.11. The molecule has 1 atom stereocenters. The minimum Gasteiger partial charge on any atom is -0.507 e. The molecular formula is C38H28N4O6S2. The lowest BCUT2D eigenvalue weighted by Crippen LogP contribution is -2.29. The number of aromatic nitrogens is 2. The molecule has 10 nitrogen and oxygen atoms in total. The Morgan fingerprint density at radius 3 is 2.44 bits per heavy atom. The first kappa shape index (κ1) is 32.7. The standard InChI is InChI=1S/C38H28N4O6S2/c1-23-8-2-3-10-27(23)21-48-30-18-16-25(17-19-30)34(43)32-33(26-12-7-14-29(20-26)42(46)47)41(36(45)35(32)44)37-39-40-38(50-37)49-22-28-13-6-11-24-9-4-5-15-31(24)28/h2-20,33,43H,21-22H2,1H3/b34-32+. The highest BCUT2D eigenvalue weighted by Gasteiger charge is 2.48. The average molecular weight is 701 g/mol. The van der Waals surface area contributed by atoms with Crippen LogP contribution in [0.1, 0.15) is 33.9 Å². The second-order valence-corrected chi connectivity index (χ2v) is 13.7. The van der Waals surface area contributed by atoms with Crippen LogP contribution < -0.4 is 9.64 Å². The van der Waals surface area contributed by atoms with Crippen LogP contribution in [0.25, 0.3) is 16.5 Å². The highest BCUT2D eigenvalue weighted by molar-refractivity contribution is 8.00. The van der Waals surface area contributed by atoms with Gasteiger partial charge in [0.2, 0.25) is 5.13 Å². The van der Waals surface area contributed by atoms with Gasteiger partial charge < -0.3 is 9.84 Å². The average Bonchev–Trinajstić information content (AvgIpc) is 3.71. The largest absolute Gasteiger partial charge is 0.507 e. The SMILES string of the molecule is Cc1ccccc1COc1ccc(/C(O)=C2\C(=O)C(=O)N(c3nnc(SCc4cccc5ccccc45)s3)C2c2cccc([N+](=O)[O-])c2)cc1.